The van der Waals surface area contributed by atoms with Crippen LogP contribution in [0.2, 0.25) is 5.02 Å². The summed E-state index contributed by atoms with van der Waals surface area (Å²) in [7, 11) is 0. The van der Waals surface area contributed by atoms with Crippen molar-refractivity contribution in [1.29, 1.82) is 0 Å². The third kappa shape index (κ3) is 4.65. The number of nitrogens with one attached hydrogen (secondary N) is 1. The standard InChI is InChI=1S/C25H23ClF3N5/c26-20-8-4-2-6-18(20)23-32-21-14-31-22(33-24(21)34(23)15-16-11-12-30-13-16)10-9-17-5-1-3-7-19(17)25(27,28)29/h1-8,14,16,30H,9-13,15H2. The van der Waals surface area contributed by atoms with E-state index < -0.39 is 11.7 Å². The molecule has 1 saturated heterocycles. The number of benzene rings is 2. The molecular weight excluding hydrogens is 463 g/mol. The molecular formula is C25H23ClF3N5. The van der Waals surface area contributed by atoms with Crippen molar-refractivity contribution in [2.45, 2.75) is 32.0 Å². The minimum atomic E-state index is -4.39. The molecule has 0 saturated carbocycles. The maximum absolute atomic E-state index is 13.4. The van der Waals surface area contributed by atoms with Crippen molar-refractivity contribution in [3.8, 4) is 11.4 Å². The van der Waals surface area contributed by atoms with E-state index in [1.54, 1.807) is 12.3 Å². The first-order valence-corrected chi connectivity index (χ1v) is 11.6. The van der Waals surface area contributed by atoms with Crippen molar-refractivity contribution < 1.29 is 13.2 Å². The van der Waals surface area contributed by atoms with Gasteiger partial charge in [-0.3, -0.25) is 0 Å². The van der Waals surface area contributed by atoms with E-state index in [1.807, 2.05) is 24.3 Å². The van der Waals surface area contributed by atoms with Crippen LogP contribution in [0, 0.1) is 5.92 Å². The lowest BCUT2D eigenvalue weighted by Gasteiger charge is -2.14. The Bertz CT molecular complexity index is 1310. The van der Waals surface area contributed by atoms with E-state index in [0.29, 0.717) is 34.3 Å². The number of halogens is 4. The fourth-order valence-electron chi connectivity index (χ4n) is 4.49. The van der Waals surface area contributed by atoms with E-state index in [-0.39, 0.29) is 12.0 Å². The average molecular weight is 486 g/mol. The predicted octanol–water partition coefficient (Wildman–Crippen LogP) is 5.56. The number of aromatic nitrogens is 4. The number of aryl methyl sites for hydroxylation is 2. The molecule has 0 spiro atoms. The van der Waals surface area contributed by atoms with Gasteiger partial charge < -0.3 is 9.88 Å². The zero-order valence-electron chi connectivity index (χ0n) is 18.3. The first kappa shape index (κ1) is 22.8. The second-order valence-electron chi connectivity index (χ2n) is 8.53. The summed E-state index contributed by atoms with van der Waals surface area (Å²) in [6.07, 6.45) is -1.20. The molecule has 1 fully saturated rings. The smallest absolute Gasteiger partial charge is 0.316 e. The molecule has 0 amide bonds. The lowest BCUT2D eigenvalue weighted by molar-refractivity contribution is -0.138. The molecule has 9 heteroatoms. The van der Waals surface area contributed by atoms with E-state index >= 15 is 0 Å². The third-order valence-electron chi connectivity index (χ3n) is 6.20. The number of hydrogen-bond donors (Lipinski definition) is 1. The van der Waals surface area contributed by atoms with Crippen LogP contribution in [0.3, 0.4) is 0 Å². The van der Waals surface area contributed by atoms with Gasteiger partial charge in [-0.1, -0.05) is 41.9 Å². The molecule has 176 valence electrons. The molecule has 1 atom stereocenters. The molecule has 5 rings (SSSR count). The molecule has 5 nitrogen and oxygen atoms in total. The van der Waals surface area contributed by atoms with Crippen LogP contribution in [-0.4, -0.2) is 32.6 Å². The highest BCUT2D eigenvalue weighted by Gasteiger charge is 2.32. The van der Waals surface area contributed by atoms with Crippen LogP contribution < -0.4 is 5.32 Å². The van der Waals surface area contributed by atoms with Gasteiger partial charge in [0, 0.05) is 18.5 Å². The lowest BCUT2D eigenvalue weighted by Crippen LogP contribution is -2.16. The number of nitrogens with zero attached hydrogens (tertiary/aromatic N) is 4. The van der Waals surface area contributed by atoms with Gasteiger partial charge in [-0.2, -0.15) is 13.2 Å². The molecule has 0 radical (unpaired) electrons. The quantitative estimate of drug-likeness (QED) is 0.388. The van der Waals surface area contributed by atoms with Gasteiger partial charge in [0.25, 0.3) is 0 Å². The van der Waals surface area contributed by atoms with Gasteiger partial charge in [-0.25, -0.2) is 15.0 Å². The Morgan fingerprint density at radius 1 is 1.03 bits per heavy atom. The molecule has 0 aliphatic carbocycles. The van der Waals surface area contributed by atoms with Crippen LogP contribution in [0.5, 0.6) is 0 Å². The van der Waals surface area contributed by atoms with Crippen LogP contribution in [0.25, 0.3) is 22.6 Å². The van der Waals surface area contributed by atoms with Crippen molar-refractivity contribution in [3.05, 3.63) is 76.7 Å². The third-order valence-corrected chi connectivity index (χ3v) is 6.53. The zero-order chi connectivity index (χ0) is 23.7. The highest BCUT2D eigenvalue weighted by atomic mass is 35.5. The first-order chi connectivity index (χ1) is 16.4. The minimum absolute atomic E-state index is 0.194. The summed E-state index contributed by atoms with van der Waals surface area (Å²) in [4.78, 5) is 13.9. The van der Waals surface area contributed by atoms with Gasteiger partial charge in [0.2, 0.25) is 0 Å². The molecule has 4 aromatic rings. The Balaban J connectivity index is 1.50. The summed E-state index contributed by atoms with van der Waals surface area (Å²) < 4.78 is 42.2. The number of fused-ring (bicyclic) bond motifs is 1. The van der Waals surface area contributed by atoms with E-state index in [1.165, 1.54) is 12.1 Å². The van der Waals surface area contributed by atoms with Crippen molar-refractivity contribution >= 4 is 22.8 Å². The topological polar surface area (TPSA) is 55.6 Å². The maximum atomic E-state index is 13.4. The molecule has 34 heavy (non-hydrogen) atoms. The van der Waals surface area contributed by atoms with Crippen LogP contribution in [0.15, 0.2) is 54.7 Å². The van der Waals surface area contributed by atoms with E-state index in [4.69, 9.17) is 21.6 Å². The van der Waals surface area contributed by atoms with Gasteiger partial charge in [0.05, 0.1) is 16.8 Å². The normalized spacial score (nSPS) is 16.4. The van der Waals surface area contributed by atoms with E-state index in [2.05, 4.69) is 14.9 Å². The fourth-order valence-corrected chi connectivity index (χ4v) is 4.71. The lowest BCUT2D eigenvalue weighted by atomic mass is 10.0. The average Bonchev–Trinajstić information content (AvgIpc) is 3.46. The number of imidazole rings is 1. The molecule has 2 aromatic heterocycles. The van der Waals surface area contributed by atoms with Crippen molar-refractivity contribution in [3.63, 3.8) is 0 Å². The van der Waals surface area contributed by atoms with E-state index in [0.717, 1.165) is 43.5 Å². The Morgan fingerprint density at radius 3 is 2.59 bits per heavy atom. The Kier molecular flexibility index (Phi) is 6.27. The molecule has 3 heterocycles. The van der Waals surface area contributed by atoms with Gasteiger partial charge in [0.1, 0.15) is 17.2 Å². The van der Waals surface area contributed by atoms with Crippen molar-refractivity contribution in [2.24, 2.45) is 5.92 Å². The Hall–Kier alpha value is -2.97. The molecule has 2 aromatic carbocycles. The van der Waals surface area contributed by atoms with Crippen molar-refractivity contribution in [2.75, 3.05) is 13.1 Å². The minimum Gasteiger partial charge on any atom is -0.316 e. The van der Waals surface area contributed by atoms with Crippen LogP contribution in [0.4, 0.5) is 13.2 Å². The summed E-state index contributed by atoms with van der Waals surface area (Å²) in [6.45, 7) is 2.60. The summed E-state index contributed by atoms with van der Waals surface area (Å²) in [5.74, 6) is 1.64. The summed E-state index contributed by atoms with van der Waals surface area (Å²) in [6, 6.07) is 13.2. The van der Waals surface area contributed by atoms with Gasteiger partial charge in [0.15, 0.2) is 5.65 Å². The fraction of sp³-hybridized carbons (Fsp3) is 0.320. The molecule has 1 aliphatic rings. The van der Waals surface area contributed by atoms with Crippen LogP contribution in [0.1, 0.15) is 23.4 Å². The summed E-state index contributed by atoms with van der Waals surface area (Å²) in [5.41, 5.74) is 1.75. The molecule has 0 bridgehead atoms. The summed E-state index contributed by atoms with van der Waals surface area (Å²) in [5, 5.41) is 3.98. The first-order valence-electron chi connectivity index (χ1n) is 11.2. The monoisotopic (exact) mass is 485 g/mol. The second kappa shape index (κ2) is 9.35. The van der Waals surface area contributed by atoms with Crippen LogP contribution >= 0.6 is 11.6 Å². The maximum Gasteiger partial charge on any atom is 0.416 e. The highest BCUT2D eigenvalue weighted by Crippen LogP contribution is 2.33. The molecule has 1 N–H and O–H groups in total. The molecule has 1 aliphatic heterocycles. The number of alkyl halides is 3. The number of hydrogen-bond acceptors (Lipinski definition) is 4. The molecule has 1 unspecified atom stereocenters. The Morgan fingerprint density at radius 2 is 1.82 bits per heavy atom. The second-order valence-corrected chi connectivity index (χ2v) is 8.94. The Labute approximate surface area is 200 Å². The van der Waals surface area contributed by atoms with Crippen molar-refractivity contribution in [1.82, 2.24) is 24.8 Å². The predicted molar refractivity (Wildman–Crippen MR) is 126 cm³/mol. The number of rotatable bonds is 6. The van der Waals surface area contributed by atoms with E-state index in [9.17, 15) is 13.2 Å². The zero-order valence-corrected chi connectivity index (χ0v) is 19.1. The SMILES string of the molecule is FC(F)(F)c1ccccc1CCc1ncc2nc(-c3ccccc3Cl)n(CC3CCNC3)c2n1. The van der Waals surface area contributed by atoms with Gasteiger partial charge in [-0.15, -0.1) is 0 Å². The van der Waals surface area contributed by atoms with Gasteiger partial charge in [-0.05, 0) is 55.6 Å². The highest BCUT2D eigenvalue weighted by molar-refractivity contribution is 6.33. The largest absolute Gasteiger partial charge is 0.416 e. The van der Waals surface area contributed by atoms with Gasteiger partial charge >= 0.3 is 6.18 Å². The summed E-state index contributed by atoms with van der Waals surface area (Å²) >= 11 is 6.48. The van der Waals surface area contributed by atoms with Crippen LogP contribution in [-0.2, 0) is 25.6 Å².